The monoisotopic (exact) mass is 1040 g/mol. The number of aromatic amines is 1. The average Bonchev–Trinajstić information content (AvgIpc) is 3.46. The standard InChI is InChI=1S/C58H75FN10O7/c59-50-16-15-42(35-51-47-13-4-5-14-48(47)56(73)62-61-51)34-49(50)57(74)67-28-26-66(27-29-67)52(70)39-63-20-17-41(18-21-63)37-64-22-24-68(25-23-64)58(75)54(43-8-2-1-3-9-43)60-55(72)45-11-6-10-44(36-45)46-12-7-19-69(38-46)53(71)40-65-30-32-76-33-31-65/h4-6,10-11,13-16,34,36,41,43,46,54H,1-3,7-9,12,17-33,35,37-40H2,(H,60,72)(H,62,73)/t46?,54-/m1/s1. The molecule has 5 amide bonds. The molecule has 5 aliphatic heterocycles. The molecular weight excluding hydrogens is 968 g/mol. The summed E-state index contributed by atoms with van der Waals surface area (Å²) < 4.78 is 20.6. The predicted molar refractivity (Wildman–Crippen MR) is 286 cm³/mol. The average molecular weight is 1040 g/mol. The Bertz CT molecular complexity index is 2760. The third kappa shape index (κ3) is 13.0. The van der Waals surface area contributed by atoms with E-state index in [1.54, 1.807) is 29.2 Å². The maximum atomic E-state index is 15.1. The molecule has 18 heteroatoms. The van der Waals surface area contributed by atoms with E-state index in [2.05, 4.69) is 36.3 Å². The van der Waals surface area contributed by atoms with Crippen LogP contribution in [0.1, 0.15) is 101 Å². The van der Waals surface area contributed by atoms with Gasteiger partial charge in [0.15, 0.2) is 0 Å². The molecule has 6 aliphatic rings. The number of piperazine rings is 2. The molecule has 0 bridgehead atoms. The number of halogens is 1. The highest BCUT2D eigenvalue weighted by Gasteiger charge is 2.37. The maximum Gasteiger partial charge on any atom is 0.272 e. The number of carbonyl (C=O) groups is 5. The number of likely N-dealkylation sites (tertiary alicyclic amines) is 2. The van der Waals surface area contributed by atoms with E-state index in [1.807, 2.05) is 45.0 Å². The lowest BCUT2D eigenvalue weighted by Gasteiger charge is -2.41. The van der Waals surface area contributed by atoms with E-state index < -0.39 is 17.8 Å². The van der Waals surface area contributed by atoms with Gasteiger partial charge >= 0.3 is 0 Å². The molecule has 0 radical (unpaired) electrons. The summed E-state index contributed by atoms with van der Waals surface area (Å²) in [5.41, 5.74) is 2.63. The second kappa shape index (κ2) is 24.9. The lowest BCUT2D eigenvalue weighted by atomic mass is 9.83. The van der Waals surface area contributed by atoms with Gasteiger partial charge in [0, 0.05) is 108 Å². The van der Waals surface area contributed by atoms with E-state index in [0.717, 1.165) is 116 Å². The first kappa shape index (κ1) is 53.3. The number of hydrogen-bond donors (Lipinski definition) is 2. The second-order valence-electron chi connectivity index (χ2n) is 22.1. The Hall–Kier alpha value is -6.08. The van der Waals surface area contributed by atoms with E-state index in [4.69, 9.17) is 4.74 Å². The molecule has 406 valence electrons. The number of nitrogens with one attached hydrogen (secondary N) is 2. The van der Waals surface area contributed by atoms with Crippen molar-refractivity contribution in [3.8, 4) is 0 Å². The van der Waals surface area contributed by atoms with Crippen molar-refractivity contribution in [2.75, 3.05) is 124 Å². The Morgan fingerprint density at radius 3 is 2.09 bits per heavy atom. The molecule has 1 aliphatic carbocycles. The van der Waals surface area contributed by atoms with Crippen LogP contribution in [0, 0.1) is 17.7 Å². The molecule has 76 heavy (non-hydrogen) atoms. The molecule has 6 heterocycles. The van der Waals surface area contributed by atoms with Crippen LogP contribution in [0.25, 0.3) is 10.8 Å². The largest absolute Gasteiger partial charge is 0.379 e. The first-order valence-electron chi connectivity index (χ1n) is 28.1. The summed E-state index contributed by atoms with van der Waals surface area (Å²) in [6.07, 6.45) is 9.26. The number of ether oxygens (including phenoxy) is 1. The summed E-state index contributed by atoms with van der Waals surface area (Å²) >= 11 is 0. The highest BCUT2D eigenvalue weighted by Crippen LogP contribution is 2.31. The molecule has 1 saturated carbocycles. The third-order valence-electron chi connectivity index (χ3n) is 17.1. The highest BCUT2D eigenvalue weighted by molar-refractivity contribution is 5.98. The van der Waals surface area contributed by atoms with Gasteiger partial charge in [-0.2, -0.15) is 5.10 Å². The van der Waals surface area contributed by atoms with Gasteiger partial charge in [0.2, 0.25) is 17.7 Å². The van der Waals surface area contributed by atoms with Crippen LogP contribution in [0.3, 0.4) is 0 Å². The van der Waals surface area contributed by atoms with Crippen molar-refractivity contribution < 1.29 is 33.1 Å². The van der Waals surface area contributed by atoms with Crippen molar-refractivity contribution in [1.29, 1.82) is 0 Å². The number of H-pyrrole nitrogens is 1. The summed E-state index contributed by atoms with van der Waals surface area (Å²) in [5, 5.41) is 11.3. The normalized spacial score (nSPS) is 21.4. The Morgan fingerprint density at radius 2 is 1.34 bits per heavy atom. The molecule has 10 rings (SSSR count). The van der Waals surface area contributed by atoms with E-state index >= 15 is 4.39 Å². The van der Waals surface area contributed by atoms with Crippen LogP contribution < -0.4 is 10.9 Å². The van der Waals surface area contributed by atoms with Crippen LogP contribution in [0.2, 0.25) is 0 Å². The molecular formula is C58H75FN10O7. The molecule has 5 saturated heterocycles. The summed E-state index contributed by atoms with van der Waals surface area (Å²) in [4.78, 5) is 95.5. The van der Waals surface area contributed by atoms with Gasteiger partial charge < -0.3 is 29.7 Å². The second-order valence-corrected chi connectivity index (χ2v) is 22.1. The predicted octanol–water partition coefficient (Wildman–Crippen LogP) is 4.21. The zero-order valence-corrected chi connectivity index (χ0v) is 44.0. The fourth-order valence-corrected chi connectivity index (χ4v) is 12.5. The topological polar surface area (TPSA) is 175 Å². The number of benzene rings is 3. The van der Waals surface area contributed by atoms with E-state index in [9.17, 15) is 28.8 Å². The van der Waals surface area contributed by atoms with Crippen LogP contribution in [-0.2, 0) is 25.5 Å². The van der Waals surface area contributed by atoms with E-state index in [1.165, 1.54) is 6.07 Å². The van der Waals surface area contributed by atoms with Gasteiger partial charge in [0.1, 0.15) is 11.9 Å². The summed E-state index contributed by atoms with van der Waals surface area (Å²) in [6, 6.07) is 18.9. The van der Waals surface area contributed by atoms with Crippen LogP contribution in [-0.4, -0.2) is 205 Å². The highest BCUT2D eigenvalue weighted by atomic mass is 19.1. The minimum Gasteiger partial charge on any atom is -0.379 e. The number of rotatable bonds is 14. The van der Waals surface area contributed by atoms with Gasteiger partial charge in [-0.05, 0) is 105 Å². The van der Waals surface area contributed by atoms with Crippen LogP contribution in [0.4, 0.5) is 4.39 Å². The molecule has 2 N–H and O–H groups in total. The lowest BCUT2D eigenvalue weighted by molar-refractivity contribution is -0.137. The summed E-state index contributed by atoms with van der Waals surface area (Å²) in [7, 11) is 0. The van der Waals surface area contributed by atoms with Gasteiger partial charge in [-0.25, -0.2) is 9.49 Å². The number of hydrogen-bond acceptors (Lipinski definition) is 11. The van der Waals surface area contributed by atoms with Crippen LogP contribution >= 0.6 is 0 Å². The quantitative estimate of drug-likeness (QED) is 0.185. The molecule has 4 aromatic rings. The van der Waals surface area contributed by atoms with Crippen LogP contribution in [0.5, 0.6) is 0 Å². The lowest BCUT2D eigenvalue weighted by Crippen LogP contribution is -2.57. The molecule has 17 nitrogen and oxygen atoms in total. The SMILES string of the molecule is O=C(N[C@@H](C(=O)N1CCN(CC2CCN(CC(=O)N3CCN(C(=O)c4cc(Cc5n[nH]c(=O)c6ccccc56)ccc4F)CC3)CC2)CC1)C1CCCCC1)c1cccc(C2CCCN(C(=O)CN3CCOCC3)C2)c1. The first-order valence-corrected chi connectivity index (χ1v) is 28.1. The van der Waals surface area contributed by atoms with Crippen molar-refractivity contribution >= 4 is 40.3 Å². The summed E-state index contributed by atoms with van der Waals surface area (Å²) in [6.45, 7) is 11.8. The van der Waals surface area contributed by atoms with Crippen molar-refractivity contribution in [3.05, 3.63) is 111 Å². The molecule has 0 spiro atoms. The van der Waals surface area contributed by atoms with Crippen molar-refractivity contribution in [1.82, 2.24) is 49.8 Å². The van der Waals surface area contributed by atoms with Crippen molar-refractivity contribution in [3.63, 3.8) is 0 Å². The summed E-state index contributed by atoms with van der Waals surface area (Å²) in [5.74, 6) is -0.279. The fraction of sp³-hybridized carbons (Fsp3) is 0.569. The smallest absolute Gasteiger partial charge is 0.272 e. The van der Waals surface area contributed by atoms with Crippen molar-refractivity contribution in [2.24, 2.45) is 11.8 Å². The molecule has 1 aromatic heterocycles. The first-order chi connectivity index (χ1) is 37.0. The number of morpholine rings is 1. The van der Waals surface area contributed by atoms with Gasteiger partial charge in [-0.3, -0.25) is 43.5 Å². The molecule has 1 unspecified atom stereocenters. The van der Waals surface area contributed by atoms with E-state index in [0.29, 0.717) is 112 Å². The molecule has 2 atom stereocenters. The zero-order valence-electron chi connectivity index (χ0n) is 44.0. The minimum atomic E-state index is -0.606. The minimum absolute atomic E-state index is 0.0225. The Morgan fingerprint density at radius 1 is 0.658 bits per heavy atom. The molecule has 6 fully saturated rings. The van der Waals surface area contributed by atoms with Gasteiger partial charge in [0.25, 0.3) is 17.4 Å². The number of carbonyl (C=O) groups excluding carboxylic acids is 5. The third-order valence-corrected chi connectivity index (χ3v) is 17.1. The Kier molecular flexibility index (Phi) is 17.5. The molecule has 3 aromatic carbocycles. The van der Waals surface area contributed by atoms with Gasteiger partial charge in [-0.1, -0.05) is 55.7 Å². The zero-order chi connectivity index (χ0) is 52.5. The van der Waals surface area contributed by atoms with E-state index in [-0.39, 0.29) is 46.6 Å². The number of nitrogens with zero attached hydrogens (tertiary/aromatic N) is 8. The van der Waals surface area contributed by atoms with Crippen molar-refractivity contribution in [2.45, 2.75) is 76.2 Å². The number of aromatic nitrogens is 2. The van der Waals surface area contributed by atoms with Gasteiger partial charge in [-0.15, -0.1) is 0 Å². The van der Waals surface area contributed by atoms with Gasteiger partial charge in [0.05, 0.1) is 42.9 Å². The Balaban J connectivity index is 0.654. The number of amides is 5. The number of fused-ring (bicyclic) bond motifs is 1. The fourth-order valence-electron chi connectivity index (χ4n) is 12.5. The van der Waals surface area contributed by atoms with Crippen LogP contribution in [0.15, 0.2) is 71.5 Å². The maximum absolute atomic E-state index is 15.1. The Labute approximate surface area is 445 Å². The number of piperidine rings is 2.